The molecule has 11 heavy (non-hydrogen) atoms. The molecule has 0 aromatic carbocycles. The van der Waals surface area contributed by atoms with Gasteiger partial charge in [0, 0.05) is 0 Å². The van der Waals surface area contributed by atoms with E-state index in [-0.39, 0.29) is 13.2 Å². The van der Waals surface area contributed by atoms with Crippen LogP contribution in [0.3, 0.4) is 0 Å². The predicted molar refractivity (Wildman–Crippen MR) is 37.0 cm³/mol. The topological polar surface area (TPSA) is 64.6 Å². The fraction of sp³-hybridized carbons (Fsp3) is 0.667. The van der Waals surface area contributed by atoms with Gasteiger partial charge in [-0.05, 0) is 6.92 Å². The van der Waals surface area contributed by atoms with Crippen LogP contribution in [0.4, 0.5) is 4.79 Å². The van der Waals surface area contributed by atoms with E-state index in [0.717, 1.165) is 0 Å². The van der Waals surface area contributed by atoms with Crippen molar-refractivity contribution in [3.05, 3.63) is 0 Å². The van der Waals surface area contributed by atoms with Crippen LogP contribution in [0.25, 0.3) is 0 Å². The van der Waals surface area contributed by atoms with Crippen LogP contribution in [-0.2, 0) is 14.3 Å². The maximum absolute atomic E-state index is 10.5. The molecule has 1 N–H and O–H groups in total. The van der Waals surface area contributed by atoms with E-state index in [1.165, 1.54) is 0 Å². The lowest BCUT2D eigenvalue weighted by Crippen LogP contribution is -2.27. The number of alkyl carbamates (subject to hydrolysis) is 1. The normalized spacial score (nSPS) is 8.45. The number of ether oxygens (including phenoxy) is 2. The van der Waals surface area contributed by atoms with Gasteiger partial charge in [0.25, 0.3) is 6.47 Å². The Morgan fingerprint density at radius 2 is 2.36 bits per heavy atom. The van der Waals surface area contributed by atoms with Gasteiger partial charge in [0.05, 0.1) is 13.2 Å². The first-order valence-electron chi connectivity index (χ1n) is 3.27. The average molecular weight is 161 g/mol. The Bertz CT molecular complexity index is 126. The van der Waals surface area contributed by atoms with Crippen molar-refractivity contribution in [1.82, 2.24) is 5.32 Å². The lowest BCUT2D eigenvalue weighted by atomic mass is 10.7. The summed E-state index contributed by atoms with van der Waals surface area (Å²) in [6.07, 6.45) is -0.498. The highest BCUT2D eigenvalue weighted by atomic mass is 16.5. The minimum absolute atomic E-state index is 0.169. The van der Waals surface area contributed by atoms with E-state index < -0.39 is 6.09 Å². The monoisotopic (exact) mass is 161 g/mol. The number of amides is 1. The SMILES string of the molecule is CCOC(=O)NCCOC=O. The van der Waals surface area contributed by atoms with E-state index in [4.69, 9.17) is 0 Å². The van der Waals surface area contributed by atoms with Crippen molar-refractivity contribution in [2.24, 2.45) is 0 Å². The molecule has 0 unspecified atom stereocenters. The molecule has 0 saturated heterocycles. The highest BCUT2D eigenvalue weighted by Gasteiger charge is 1.96. The van der Waals surface area contributed by atoms with Crippen LogP contribution in [0.5, 0.6) is 0 Å². The van der Waals surface area contributed by atoms with Crippen molar-refractivity contribution < 1.29 is 19.1 Å². The Hall–Kier alpha value is -1.26. The molecule has 0 rings (SSSR count). The third-order valence-electron chi connectivity index (χ3n) is 0.833. The fourth-order valence-electron chi connectivity index (χ4n) is 0.442. The first kappa shape index (κ1) is 9.74. The molecule has 0 bridgehead atoms. The first-order chi connectivity index (χ1) is 5.31. The Morgan fingerprint density at radius 1 is 1.64 bits per heavy atom. The lowest BCUT2D eigenvalue weighted by Gasteiger charge is -2.02. The molecule has 1 amide bonds. The van der Waals surface area contributed by atoms with Gasteiger partial charge in [-0.15, -0.1) is 0 Å². The minimum Gasteiger partial charge on any atom is -0.466 e. The summed E-state index contributed by atoms with van der Waals surface area (Å²) in [7, 11) is 0. The number of carbonyl (C=O) groups is 2. The van der Waals surface area contributed by atoms with E-state index in [0.29, 0.717) is 13.1 Å². The zero-order valence-electron chi connectivity index (χ0n) is 6.33. The average Bonchev–Trinajstić information content (AvgIpc) is 1.99. The van der Waals surface area contributed by atoms with E-state index in [1.807, 2.05) is 0 Å². The fourth-order valence-corrected chi connectivity index (χ4v) is 0.442. The molecule has 0 aliphatic heterocycles. The molecule has 0 atom stereocenters. The summed E-state index contributed by atoms with van der Waals surface area (Å²) in [4.78, 5) is 20.1. The number of nitrogens with one attached hydrogen (secondary N) is 1. The van der Waals surface area contributed by atoms with Crippen molar-refractivity contribution in [3.63, 3.8) is 0 Å². The number of hydrogen-bond donors (Lipinski definition) is 1. The maximum Gasteiger partial charge on any atom is 0.407 e. The molecule has 0 aromatic rings. The molecule has 0 fully saturated rings. The molecule has 64 valence electrons. The van der Waals surface area contributed by atoms with Crippen molar-refractivity contribution in [1.29, 1.82) is 0 Å². The standard InChI is InChI=1S/C6H11NO4/c1-2-11-6(9)7-3-4-10-5-8/h5H,2-4H2,1H3,(H,7,9). The second-order valence-corrected chi connectivity index (χ2v) is 1.61. The largest absolute Gasteiger partial charge is 0.466 e. The molecule has 0 heterocycles. The minimum atomic E-state index is -0.498. The summed E-state index contributed by atoms with van der Waals surface area (Å²) in [5.74, 6) is 0. The Labute approximate surface area is 64.7 Å². The van der Waals surface area contributed by atoms with Gasteiger partial charge in [-0.1, -0.05) is 0 Å². The lowest BCUT2D eigenvalue weighted by molar-refractivity contribution is -0.128. The van der Waals surface area contributed by atoms with Crippen LogP contribution in [0.15, 0.2) is 0 Å². The molecule has 0 aromatic heterocycles. The highest BCUT2D eigenvalue weighted by molar-refractivity contribution is 5.66. The predicted octanol–water partition coefficient (Wildman–Crippen LogP) is -0.0945. The van der Waals surface area contributed by atoms with Crippen LogP contribution in [0, 0.1) is 0 Å². The molecule has 0 saturated carbocycles. The molecule has 0 spiro atoms. The van der Waals surface area contributed by atoms with Crippen LogP contribution in [-0.4, -0.2) is 32.3 Å². The van der Waals surface area contributed by atoms with Gasteiger partial charge >= 0.3 is 6.09 Å². The number of carbonyl (C=O) groups excluding carboxylic acids is 2. The molecule has 5 nitrogen and oxygen atoms in total. The van der Waals surface area contributed by atoms with Crippen molar-refractivity contribution in [2.45, 2.75) is 6.92 Å². The number of hydrogen-bond acceptors (Lipinski definition) is 4. The summed E-state index contributed by atoms with van der Waals surface area (Å²) < 4.78 is 8.84. The molecule has 0 aliphatic rings. The third kappa shape index (κ3) is 6.63. The summed E-state index contributed by atoms with van der Waals surface area (Å²) >= 11 is 0. The summed E-state index contributed by atoms with van der Waals surface area (Å²) in [5.41, 5.74) is 0. The van der Waals surface area contributed by atoms with Gasteiger partial charge < -0.3 is 14.8 Å². The van der Waals surface area contributed by atoms with Crippen LogP contribution in [0.1, 0.15) is 6.92 Å². The first-order valence-corrected chi connectivity index (χ1v) is 3.27. The van der Waals surface area contributed by atoms with Gasteiger partial charge in [-0.2, -0.15) is 0 Å². The van der Waals surface area contributed by atoms with E-state index in [9.17, 15) is 9.59 Å². The summed E-state index contributed by atoms with van der Waals surface area (Å²) in [6, 6.07) is 0. The highest BCUT2D eigenvalue weighted by Crippen LogP contribution is 1.75. The number of rotatable bonds is 5. The van der Waals surface area contributed by atoms with E-state index >= 15 is 0 Å². The molecular weight excluding hydrogens is 150 g/mol. The Kier molecular flexibility index (Phi) is 6.07. The van der Waals surface area contributed by atoms with Crippen LogP contribution < -0.4 is 5.32 Å². The van der Waals surface area contributed by atoms with Gasteiger partial charge in [-0.3, -0.25) is 4.79 Å². The zero-order chi connectivity index (χ0) is 8.53. The second-order valence-electron chi connectivity index (χ2n) is 1.61. The summed E-state index contributed by atoms with van der Waals surface area (Å²) in [6.45, 7) is 2.81. The quantitative estimate of drug-likeness (QED) is 0.452. The van der Waals surface area contributed by atoms with Crippen molar-refractivity contribution >= 4 is 12.6 Å². The van der Waals surface area contributed by atoms with Crippen molar-refractivity contribution in [2.75, 3.05) is 19.8 Å². The molecule has 0 aliphatic carbocycles. The van der Waals surface area contributed by atoms with E-state index in [1.54, 1.807) is 6.92 Å². The third-order valence-corrected chi connectivity index (χ3v) is 0.833. The van der Waals surface area contributed by atoms with Crippen LogP contribution >= 0.6 is 0 Å². The Balaban J connectivity index is 3.10. The second kappa shape index (κ2) is 6.85. The van der Waals surface area contributed by atoms with Crippen molar-refractivity contribution in [3.8, 4) is 0 Å². The maximum atomic E-state index is 10.5. The van der Waals surface area contributed by atoms with Gasteiger partial charge in [0.15, 0.2) is 0 Å². The van der Waals surface area contributed by atoms with Gasteiger partial charge in [0.1, 0.15) is 6.61 Å². The zero-order valence-corrected chi connectivity index (χ0v) is 6.33. The molecule has 5 heteroatoms. The van der Waals surface area contributed by atoms with Gasteiger partial charge in [0.2, 0.25) is 0 Å². The van der Waals surface area contributed by atoms with Gasteiger partial charge in [-0.25, -0.2) is 4.79 Å². The smallest absolute Gasteiger partial charge is 0.407 e. The van der Waals surface area contributed by atoms with E-state index in [2.05, 4.69) is 14.8 Å². The van der Waals surface area contributed by atoms with Crippen LogP contribution in [0.2, 0.25) is 0 Å². The molecular formula is C6H11NO4. The summed E-state index contributed by atoms with van der Waals surface area (Å²) in [5, 5.41) is 2.37. The molecule has 0 radical (unpaired) electrons. The Morgan fingerprint density at radius 3 is 2.91 bits per heavy atom.